The van der Waals surface area contributed by atoms with Crippen LogP contribution >= 0.6 is 0 Å². The maximum absolute atomic E-state index is 12.6. The minimum absolute atomic E-state index is 0.0414. The van der Waals surface area contributed by atoms with E-state index in [9.17, 15) is 24.0 Å². The zero-order valence-electron chi connectivity index (χ0n) is 24.2. The van der Waals surface area contributed by atoms with E-state index >= 15 is 0 Å². The van der Waals surface area contributed by atoms with E-state index in [0.717, 1.165) is 31.2 Å². The Morgan fingerprint density at radius 1 is 0.707 bits per heavy atom. The van der Waals surface area contributed by atoms with E-state index in [4.69, 9.17) is 4.84 Å². The number of unbranched alkanes of at least 4 members (excludes halogenated alkanes) is 2. The van der Waals surface area contributed by atoms with E-state index in [1.165, 1.54) is 25.0 Å². The summed E-state index contributed by atoms with van der Waals surface area (Å²) in [4.78, 5) is 64.1. The van der Waals surface area contributed by atoms with Crippen LogP contribution in [0, 0.1) is 0 Å². The van der Waals surface area contributed by atoms with Crippen LogP contribution in [-0.2, 0) is 48.1 Å². The Labute approximate surface area is 242 Å². The SMILES string of the molecule is CC(=O)NCCCC[C@H](NC(C)=O)C(=O)CCCC(=O)ONC(=O)Cc1ccc(CCCCc2ccccc2)cc1. The summed E-state index contributed by atoms with van der Waals surface area (Å²) in [5, 5.41) is 5.35. The van der Waals surface area contributed by atoms with Crippen LogP contribution < -0.4 is 16.1 Å². The fourth-order valence-electron chi connectivity index (χ4n) is 4.39. The number of hydroxylamine groups is 1. The molecular weight excluding hydrogens is 522 g/mol. The maximum Gasteiger partial charge on any atom is 0.332 e. The van der Waals surface area contributed by atoms with Gasteiger partial charge in [-0.25, -0.2) is 4.79 Å². The number of ketones is 1. The molecule has 0 fully saturated rings. The standard InChI is InChI=1S/C32H43N3O6/c1-24(36)33-22-9-8-15-29(34-25(2)37)30(38)16-10-17-32(40)41-35-31(39)23-28-20-18-27(19-21-28)14-7-6-13-26-11-4-3-5-12-26/h3-5,11-12,18-21,29H,6-10,13-17,22-23H2,1-2H3,(H,33,36)(H,34,37)(H,35,39)/t29-/m0/s1. The molecule has 0 aromatic heterocycles. The van der Waals surface area contributed by atoms with E-state index in [1.807, 2.05) is 30.3 Å². The Balaban J connectivity index is 1.61. The molecule has 3 N–H and O–H groups in total. The molecule has 0 aliphatic heterocycles. The van der Waals surface area contributed by atoms with Gasteiger partial charge in [0.05, 0.1) is 12.5 Å². The number of hydrogen-bond donors (Lipinski definition) is 3. The van der Waals surface area contributed by atoms with E-state index in [1.54, 1.807) is 0 Å². The molecule has 0 saturated heterocycles. The van der Waals surface area contributed by atoms with Crippen molar-refractivity contribution in [3.05, 3.63) is 71.3 Å². The van der Waals surface area contributed by atoms with Crippen molar-refractivity contribution in [2.24, 2.45) is 0 Å². The van der Waals surface area contributed by atoms with Gasteiger partial charge in [0.25, 0.3) is 5.91 Å². The molecule has 0 saturated carbocycles. The van der Waals surface area contributed by atoms with Crippen molar-refractivity contribution in [1.82, 2.24) is 16.1 Å². The predicted octanol–water partition coefficient (Wildman–Crippen LogP) is 3.92. The number of aryl methyl sites for hydroxylation is 2. The van der Waals surface area contributed by atoms with Gasteiger partial charge in [0, 0.05) is 33.2 Å². The van der Waals surface area contributed by atoms with Crippen LogP contribution in [0.4, 0.5) is 0 Å². The number of Topliss-reactive ketones (excluding diaryl/α,β-unsaturated/α-hetero) is 1. The van der Waals surface area contributed by atoms with Crippen molar-refractivity contribution in [3.8, 4) is 0 Å². The minimum Gasteiger partial charge on any atom is -0.356 e. The molecule has 0 aliphatic rings. The van der Waals surface area contributed by atoms with E-state index in [2.05, 4.69) is 40.4 Å². The summed E-state index contributed by atoms with van der Waals surface area (Å²) in [6, 6.07) is 17.6. The highest BCUT2D eigenvalue weighted by molar-refractivity contribution is 5.88. The molecule has 0 unspecified atom stereocenters. The number of carbonyl (C=O) groups is 5. The zero-order valence-corrected chi connectivity index (χ0v) is 24.2. The van der Waals surface area contributed by atoms with Crippen LogP contribution in [0.5, 0.6) is 0 Å². The molecule has 9 nitrogen and oxygen atoms in total. The molecule has 1 atom stereocenters. The summed E-state index contributed by atoms with van der Waals surface area (Å²) in [5.41, 5.74) is 5.56. The first-order valence-corrected chi connectivity index (χ1v) is 14.4. The predicted molar refractivity (Wildman–Crippen MR) is 156 cm³/mol. The largest absolute Gasteiger partial charge is 0.356 e. The maximum atomic E-state index is 12.6. The monoisotopic (exact) mass is 565 g/mol. The lowest BCUT2D eigenvalue weighted by molar-refractivity contribution is -0.158. The molecule has 0 heterocycles. The van der Waals surface area contributed by atoms with E-state index in [0.29, 0.717) is 25.8 Å². The number of hydrogen-bond acceptors (Lipinski definition) is 6. The third kappa shape index (κ3) is 15.4. The summed E-state index contributed by atoms with van der Waals surface area (Å²) in [5.74, 6) is -1.66. The first-order valence-electron chi connectivity index (χ1n) is 14.4. The van der Waals surface area contributed by atoms with Gasteiger partial charge in [0.1, 0.15) is 0 Å². The summed E-state index contributed by atoms with van der Waals surface area (Å²) < 4.78 is 0. The first-order chi connectivity index (χ1) is 19.7. The molecule has 222 valence electrons. The van der Waals surface area contributed by atoms with Gasteiger partial charge in [-0.15, -0.1) is 0 Å². The number of rotatable bonds is 18. The van der Waals surface area contributed by atoms with Gasteiger partial charge >= 0.3 is 5.97 Å². The molecule has 2 rings (SSSR count). The van der Waals surface area contributed by atoms with Crippen molar-refractivity contribution in [2.45, 2.75) is 90.5 Å². The second-order valence-electron chi connectivity index (χ2n) is 10.2. The molecule has 9 heteroatoms. The third-order valence-corrected chi connectivity index (χ3v) is 6.55. The van der Waals surface area contributed by atoms with Crippen LogP contribution in [0.2, 0.25) is 0 Å². The smallest absolute Gasteiger partial charge is 0.332 e. The Morgan fingerprint density at radius 2 is 1.34 bits per heavy atom. The van der Waals surface area contributed by atoms with Crippen molar-refractivity contribution in [1.29, 1.82) is 0 Å². The first kappa shape index (κ1) is 33.2. The Bertz CT molecular complexity index is 1120. The average Bonchev–Trinajstić information content (AvgIpc) is 2.94. The average molecular weight is 566 g/mol. The number of nitrogens with one attached hydrogen (secondary N) is 3. The summed E-state index contributed by atoms with van der Waals surface area (Å²) >= 11 is 0. The van der Waals surface area contributed by atoms with E-state index < -0.39 is 17.9 Å². The normalized spacial score (nSPS) is 11.3. The fourth-order valence-corrected chi connectivity index (χ4v) is 4.39. The molecule has 3 amide bonds. The highest BCUT2D eigenvalue weighted by Crippen LogP contribution is 2.12. The lowest BCUT2D eigenvalue weighted by atomic mass is 10.0. The van der Waals surface area contributed by atoms with Crippen LogP contribution in [0.3, 0.4) is 0 Å². The lowest BCUT2D eigenvalue weighted by Crippen LogP contribution is -2.39. The summed E-state index contributed by atoms with van der Waals surface area (Å²) in [6.07, 6.45) is 6.41. The van der Waals surface area contributed by atoms with Crippen molar-refractivity contribution in [3.63, 3.8) is 0 Å². The van der Waals surface area contributed by atoms with Crippen LogP contribution in [0.1, 0.15) is 81.9 Å². The van der Waals surface area contributed by atoms with Gasteiger partial charge in [0.15, 0.2) is 5.78 Å². The molecule has 41 heavy (non-hydrogen) atoms. The third-order valence-electron chi connectivity index (χ3n) is 6.55. The highest BCUT2D eigenvalue weighted by atomic mass is 16.7. The van der Waals surface area contributed by atoms with Gasteiger partial charge in [-0.1, -0.05) is 54.6 Å². The fraction of sp³-hybridized carbons (Fsp3) is 0.469. The minimum atomic E-state index is -0.638. The summed E-state index contributed by atoms with van der Waals surface area (Å²) in [6.45, 7) is 3.29. The number of amides is 3. The topological polar surface area (TPSA) is 131 Å². The van der Waals surface area contributed by atoms with Gasteiger partial charge in [0.2, 0.25) is 11.8 Å². The molecule has 0 radical (unpaired) electrons. The molecule has 2 aromatic carbocycles. The Kier molecular flexibility index (Phi) is 15.5. The molecule has 0 spiro atoms. The highest BCUT2D eigenvalue weighted by Gasteiger charge is 2.19. The molecule has 0 aliphatic carbocycles. The molecule has 2 aromatic rings. The zero-order chi connectivity index (χ0) is 29.9. The Morgan fingerprint density at radius 3 is 1.98 bits per heavy atom. The second-order valence-corrected chi connectivity index (χ2v) is 10.2. The van der Waals surface area contributed by atoms with Crippen LogP contribution in [0.25, 0.3) is 0 Å². The van der Waals surface area contributed by atoms with E-state index in [-0.39, 0.29) is 43.3 Å². The number of benzene rings is 2. The molecule has 0 bridgehead atoms. The van der Waals surface area contributed by atoms with Crippen molar-refractivity contribution < 1.29 is 28.8 Å². The van der Waals surface area contributed by atoms with Gasteiger partial charge < -0.3 is 15.5 Å². The van der Waals surface area contributed by atoms with Gasteiger partial charge in [-0.3, -0.25) is 19.2 Å². The lowest BCUT2D eigenvalue weighted by Gasteiger charge is -2.16. The van der Waals surface area contributed by atoms with Crippen LogP contribution in [0.15, 0.2) is 54.6 Å². The second kappa shape index (κ2) is 19.1. The van der Waals surface area contributed by atoms with Crippen molar-refractivity contribution in [2.75, 3.05) is 6.54 Å². The Hall–Kier alpha value is -4.01. The molecular formula is C32H43N3O6. The van der Waals surface area contributed by atoms with Crippen molar-refractivity contribution >= 4 is 29.5 Å². The van der Waals surface area contributed by atoms with Gasteiger partial charge in [-0.05, 0) is 68.1 Å². The van der Waals surface area contributed by atoms with Crippen LogP contribution in [-0.4, -0.2) is 42.1 Å². The number of carbonyl (C=O) groups excluding carboxylic acids is 5. The van der Waals surface area contributed by atoms with Gasteiger partial charge in [-0.2, -0.15) is 5.48 Å². The quantitative estimate of drug-likeness (QED) is 0.186. The summed E-state index contributed by atoms with van der Waals surface area (Å²) in [7, 11) is 0.